The minimum absolute atomic E-state index is 0.0374. The van der Waals surface area contributed by atoms with Gasteiger partial charge in [0.25, 0.3) is 0 Å². The van der Waals surface area contributed by atoms with Crippen LogP contribution in [0.15, 0.2) is 24.0 Å². The van der Waals surface area contributed by atoms with Gasteiger partial charge in [-0.25, -0.2) is 4.79 Å². The zero-order valence-electron chi connectivity index (χ0n) is 23.9. The number of ether oxygens (including phenoxy) is 4. The quantitative estimate of drug-likeness (QED) is 0.257. The van der Waals surface area contributed by atoms with E-state index in [0.717, 1.165) is 17.7 Å². The first kappa shape index (κ1) is 29.8. The zero-order valence-corrected chi connectivity index (χ0v) is 23.9. The van der Waals surface area contributed by atoms with Crippen molar-refractivity contribution in [2.45, 2.75) is 80.8 Å². The summed E-state index contributed by atoms with van der Waals surface area (Å²) in [5.74, 6) is -1.85. The molecule has 13 heteroatoms. The van der Waals surface area contributed by atoms with Crippen molar-refractivity contribution in [2.75, 3.05) is 27.2 Å². The molecule has 5 N–H and O–H groups in total. The number of likely N-dealkylation sites (N-methyl/N-ethyl adjacent to an activating group) is 1. The summed E-state index contributed by atoms with van der Waals surface area (Å²) in [6.07, 6.45) is 0.632. The standard InChI is InChI=1S/C29H37N3O10/c1-15(40-22(35)9-12-31-26(36)17(30)5-7-21(33)34)27(37)41-19-8-10-29(38)20-14-16-4-6-18(39-3)24-23(16)28(29,25(19)42-24)11-13-32(20)2/h4,6,8,15,17,20,25,38H,5,7,9-14,30H2,1-3H3,(H,31,36)(H,33,34)/t15-,17-,20+,25-,28-,29+/m0/s1. The number of hydrogen-bond acceptors (Lipinski definition) is 11. The predicted molar refractivity (Wildman–Crippen MR) is 146 cm³/mol. The van der Waals surface area contributed by atoms with Crippen molar-refractivity contribution in [1.82, 2.24) is 10.2 Å². The number of rotatable bonds is 11. The highest BCUT2D eigenvalue weighted by atomic mass is 16.6. The summed E-state index contributed by atoms with van der Waals surface area (Å²) < 4.78 is 23.1. The lowest BCUT2D eigenvalue weighted by molar-refractivity contribution is -0.175. The second-order valence-corrected chi connectivity index (χ2v) is 11.4. The molecule has 6 atom stereocenters. The molecule has 1 spiro atoms. The van der Waals surface area contributed by atoms with Crippen LogP contribution in [0, 0.1) is 0 Å². The summed E-state index contributed by atoms with van der Waals surface area (Å²) in [4.78, 5) is 50.2. The van der Waals surface area contributed by atoms with E-state index < -0.39 is 53.1 Å². The molecule has 42 heavy (non-hydrogen) atoms. The molecule has 2 aliphatic heterocycles. The van der Waals surface area contributed by atoms with Crippen LogP contribution in [0.5, 0.6) is 11.5 Å². The summed E-state index contributed by atoms with van der Waals surface area (Å²) in [7, 11) is 3.56. The van der Waals surface area contributed by atoms with E-state index in [9.17, 15) is 24.3 Å². The largest absolute Gasteiger partial charge is 0.493 e. The van der Waals surface area contributed by atoms with Crippen molar-refractivity contribution >= 4 is 23.8 Å². The van der Waals surface area contributed by atoms with E-state index in [4.69, 9.17) is 29.8 Å². The average Bonchev–Trinajstić information content (AvgIpc) is 3.30. The maximum Gasteiger partial charge on any atom is 0.352 e. The van der Waals surface area contributed by atoms with E-state index in [0.29, 0.717) is 24.3 Å². The smallest absolute Gasteiger partial charge is 0.352 e. The molecule has 1 fully saturated rings. The Hall–Kier alpha value is -3.68. The van der Waals surface area contributed by atoms with Gasteiger partial charge in [-0.05, 0) is 57.5 Å². The van der Waals surface area contributed by atoms with E-state index in [2.05, 4.69) is 10.2 Å². The van der Waals surface area contributed by atoms with E-state index >= 15 is 0 Å². The Kier molecular flexibility index (Phi) is 7.94. The Morgan fingerprint density at radius 3 is 2.74 bits per heavy atom. The maximum atomic E-state index is 13.1. The molecular formula is C29H37N3O10. The number of nitrogens with zero attached hydrogens (tertiary/aromatic N) is 1. The van der Waals surface area contributed by atoms with Gasteiger partial charge in [0.1, 0.15) is 5.76 Å². The van der Waals surface area contributed by atoms with Crippen molar-refractivity contribution in [2.24, 2.45) is 5.73 Å². The lowest BCUT2D eigenvalue weighted by Gasteiger charge is -2.61. The van der Waals surface area contributed by atoms with Gasteiger partial charge in [0.2, 0.25) is 5.91 Å². The Balaban J connectivity index is 1.24. The van der Waals surface area contributed by atoms with E-state index in [1.54, 1.807) is 13.2 Å². The second kappa shape index (κ2) is 11.2. The number of benzene rings is 1. The van der Waals surface area contributed by atoms with Gasteiger partial charge in [0.05, 0.1) is 30.6 Å². The normalized spacial score (nSPS) is 28.4. The van der Waals surface area contributed by atoms with Crippen LogP contribution in [-0.2, 0) is 40.5 Å². The van der Waals surface area contributed by atoms with Crippen molar-refractivity contribution < 1.29 is 48.3 Å². The van der Waals surface area contributed by atoms with E-state index in [1.165, 1.54) is 6.92 Å². The summed E-state index contributed by atoms with van der Waals surface area (Å²) in [6, 6.07) is 2.70. The molecule has 0 radical (unpaired) electrons. The number of nitrogens with one attached hydrogen (secondary N) is 1. The molecule has 2 bridgehead atoms. The Bertz CT molecular complexity index is 1330. The highest BCUT2D eigenvalue weighted by molar-refractivity contribution is 5.83. The fraction of sp³-hybridized carbons (Fsp3) is 0.586. The van der Waals surface area contributed by atoms with Crippen LogP contribution in [0.1, 0.15) is 50.2 Å². The number of nitrogens with two attached hydrogens (primary N) is 1. The lowest BCUT2D eigenvalue weighted by Crippen LogP contribution is -2.74. The number of amides is 1. The van der Waals surface area contributed by atoms with Gasteiger partial charge in [0, 0.05) is 31.0 Å². The Morgan fingerprint density at radius 2 is 2.02 bits per heavy atom. The first-order chi connectivity index (χ1) is 19.9. The summed E-state index contributed by atoms with van der Waals surface area (Å²) in [5, 5.41) is 23.4. The number of carbonyl (C=O) groups is 4. The minimum atomic E-state index is -1.25. The first-order valence-corrected chi connectivity index (χ1v) is 14.1. The van der Waals surface area contributed by atoms with Gasteiger partial charge in [0.15, 0.2) is 23.7 Å². The molecule has 13 nitrogen and oxygen atoms in total. The Labute approximate surface area is 242 Å². The summed E-state index contributed by atoms with van der Waals surface area (Å²) in [5.41, 5.74) is 5.63. The van der Waals surface area contributed by atoms with Crippen LogP contribution < -0.4 is 20.5 Å². The predicted octanol–water partition coefficient (Wildman–Crippen LogP) is 0.146. The first-order valence-electron chi connectivity index (χ1n) is 14.1. The molecule has 1 aromatic carbocycles. The van der Waals surface area contributed by atoms with Crippen LogP contribution in [0.2, 0.25) is 0 Å². The third-order valence-corrected chi connectivity index (χ3v) is 9.05. The van der Waals surface area contributed by atoms with Crippen LogP contribution >= 0.6 is 0 Å². The molecule has 5 rings (SSSR count). The molecule has 0 unspecified atom stereocenters. The molecule has 1 aromatic rings. The molecule has 4 aliphatic rings. The highest BCUT2D eigenvalue weighted by Crippen LogP contribution is 2.65. The number of methoxy groups -OCH3 is 1. The molecule has 1 amide bonds. The molecule has 228 valence electrons. The number of carbonyl (C=O) groups excluding carboxylic acids is 3. The van der Waals surface area contributed by atoms with Crippen LogP contribution in [0.25, 0.3) is 0 Å². The minimum Gasteiger partial charge on any atom is -0.493 e. The fourth-order valence-electron chi connectivity index (χ4n) is 6.92. The summed E-state index contributed by atoms with van der Waals surface area (Å²) in [6.45, 7) is 2.01. The molecule has 2 aliphatic carbocycles. The highest BCUT2D eigenvalue weighted by Gasteiger charge is 2.72. The van der Waals surface area contributed by atoms with Gasteiger partial charge in [-0.3, -0.25) is 14.4 Å². The lowest BCUT2D eigenvalue weighted by atomic mass is 9.50. The number of piperidine rings is 1. The number of hydrogen-bond donors (Lipinski definition) is 4. The number of aliphatic carboxylic acids is 1. The van der Waals surface area contributed by atoms with E-state index in [-0.39, 0.29) is 44.0 Å². The fourth-order valence-corrected chi connectivity index (χ4v) is 6.92. The molecule has 1 saturated heterocycles. The van der Waals surface area contributed by atoms with Crippen molar-refractivity contribution in [3.05, 3.63) is 35.1 Å². The van der Waals surface area contributed by atoms with Crippen LogP contribution in [-0.4, -0.2) is 96.1 Å². The molecule has 0 saturated carbocycles. The van der Waals surface area contributed by atoms with Crippen LogP contribution in [0.3, 0.4) is 0 Å². The topological polar surface area (TPSA) is 187 Å². The average molecular weight is 588 g/mol. The SMILES string of the molecule is COc1ccc2c3c1O[C@H]1C(OC(=O)[C@H](C)OC(=O)CCNC(=O)[C@@H](N)CCC(=O)O)=CC[C@@]4(O)[C@@H](C2)N(C)CC[C@]314. The number of carboxylic acids is 1. The van der Waals surface area contributed by atoms with Gasteiger partial charge < -0.3 is 45.1 Å². The Morgan fingerprint density at radius 1 is 1.26 bits per heavy atom. The van der Waals surface area contributed by atoms with Crippen molar-refractivity contribution in [3.63, 3.8) is 0 Å². The number of esters is 2. The number of aliphatic hydroxyl groups is 1. The number of carboxylic acid groups (broad SMARTS) is 1. The number of likely N-dealkylation sites (tertiary alicyclic amines) is 1. The molecular weight excluding hydrogens is 550 g/mol. The van der Waals surface area contributed by atoms with Crippen molar-refractivity contribution in [1.29, 1.82) is 0 Å². The maximum absolute atomic E-state index is 13.1. The van der Waals surface area contributed by atoms with Crippen molar-refractivity contribution in [3.8, 4) is 11.5 Å². The third-order valence-electron chi connectivity index (χ3n) is 9.05. The van der Waals surface area contributed by atoms with Gasteiger partial charge in [-0.2, -0.15) is 0 Å². The van der Waals surface area contributed by atoms with E-state index in [1.807, 2.05) is 19.2 Å². The third kappa shape index (κ3) is 4.78. The zero-order chi connectivity index (χ0) is 30.4. The van der Waals surface area contributed by atoms with Gasteiger partial charge in [-0.15, -0.1) is 0 Å². The summed E-state index contributed by atoms with van der Waals surface area (Å²) >= 11 is 0. The second-order valence-electron chi connectivity index (χ2n) is 11.4. The van der Waals surface area contributed by atoms with Crippen LogP contribution in [0.4, 0.5) is 0 Å². The molecule has 0 aromatic heterocycles. The van der Waals surface area contributed by atoms with Gasteiger partial charge >= 0.3 is 17.9 Å². The monoisotopic (exact) mass is 587 g/mol. The molecule has 2 heterocycles. The van der Waals surface area contributed by atoms with Gasteiger partial charge in [-0.1, -0.05) is 6.07 Å².